The number of halogens is 1. The number of nitrogens with one attached hydrogen (secondary N) is 2. The number of carbonyl (C=O) groups is 2. The first kappa shape index (κ1) is 22.0. The van der Waals surface area contributed by atoms with Crippen molar-refractivity contribution >= 4 is 27.6 Å². The molecule has 2 rings (SSSR count). The van der Waals surface area contributed by atoms with Crippen LogP contribution in [0, 0.1) is 17.1 Å². The van der Waals surface area contributed by atoms with Crippen molar-refractivity contribution in [1.29, 1.82) is 5.26 Å². The normalized spacial score (nSPS) is 13.0. The molecule has 0 unspecified atom stereocenters. The second kappa shape index (κ2) is 9.27. The molecule has 8 nitrogen and oxygen atoms in total. The number of hydrogen-bond donors (Lipinski definition) is 2. The highest BCUT2D eigenvalue weighted by atomic mass is 32.2. The summed E-state index contributed by atoms with van der Waals surface area (Å²) in [7, 11) is -4.08. The zero-order valence-electron chi connectivity index (χ0n) is 15.5. The molecule has 29 heavy (non-hydrogen) atoms. The van der Waals surface area contributed by atoms with Crippen molar-refractivity contribution in [2.45, 2.75) is 30.9 Å². The largest absolute Gasteiger partial charge is 0.451 e. The van der Waals surface area contributed by atoms with Crippen LogP contribution in [0.4, 0.5) is 10.1 Å². The molecule has 0 aliphatic carbocycles. The number of nitriles is 1. The number of hydrogen-bond acceptors (Lipinski definition) is 6. The summed E-state index contributed by atoms with van der Waals surface area (Å²) in [6, 6.07) is 10.8. The fraction of sp³-hybridized carbons (Fsp3) is 0.211. The number of esters is 1. The topological polar surface area (TPSA) is 125 Å². The second-order valence-electron chi connectivity index (χ2n) is 6.05. The number of nitrogens with zero attached hydrogens (tertiary/aromatic N) is 1. The van der Waals surface area contributed by atoms with Gasteiger partial charge in [-0.25, -0.2) is 12.8 Å². The summed E-state index contributed by atoms with van der Waals surface area (Å²) >= 11 is 0. The summed E-state index contributed by atoms with van der Waals surface area (Å²) in [5.41, 5.74) is 0.826. The molecule has 0 radical (unpaired) electrons. The van der Waals surface area contributed by atoms with Crippen molar-refractivity contribution in [3.63, 3.8) is 0 Å². The van der Waals surface area contributed by atoms with Crippen LogP contribution in [0.3, 0.4) is 0 Å². The van der Waals surface area contributed by atoms with Gasteiger partial charge in [-0.3, -0.25) is 9.59 Å². The van der Waals surface area contributed by atoms with E-state index in [1.54, 1.807) is 0 Å². The minimum absolute atomic E-state index is 0.217. The van der Waals surface area contributed by atoms with Crippen molar-refractivity contribution in [2.24, 2.45) is 0 Å². The average molecular weight is 419 g/mol. The van der Waals surface area contributed by atoms with Gasteiger partial charge < -0.3 is 10.1 Å². The van der Waals surface area contributed by atoms with Crippen LogP contribution in [-0.4, -0.2) is 32.4 Å². The number of amides is 1. The number of benzene rings is 2. The first-order valence-corrected chi connectivity index (χ1v) is 9.90. The predicted octanol–water partition coefficient (Wildman–Crippen LogP) is 1.93. The number of carbonyl (C=O) groups excluding carboxylic acids is 2. The highest BCUT2D eigenvalue weighted by molar-refractivity contribution is 7.89. The third kappa shape index (κ3) is 6.10. The van der Waals surface area contributed by atoms with E-state index in [0.717, 1.165) is 24.3 Å². The van der Waals surface area contributed by atoms with Crippen LogP contribution in [-0.2, 0) is 24.3 Å². The molecular weight excluding hydrogens is 401 g/mol. The lowest BCUT2D eigenvalue weighted by molar-refractivity contribution is -0.154. The van der Waals surface area contributed by atoms with Gasteiger partial charge in [0.05, 0.1) is 16.5 Å². The molecule has 2 aromatic rings. The standard InChI is InChI=1S/C19H18FN3O5S/c1-12(23-29(26,27)17-9-5-15(20)6-10-17)19(25)28-13(2)18(24)22-16-7-3-14(11-21)4-8-16/h3-10,12-13,23H,1-2H3,(H,22,24)/t12-,13+/m0/s1. The Kier molecular flexibility index (Phi) is 7.03. The molecule has 0 aliphatic heterocycles. The Balaban J connectivity index is 1.94. The molecule has 2 atom stereocenters. The number of rotatable bonds is 7. The molecular formula is C19H18FN3O5S. The maximum Gasteiger partial charge on any atom is 0.324 e. The Morgan fingerprint density at radius 3 is 2.21 bits per heavy atom. The average Bonchev–Trinajstić information content (AvgIpc) is 2.68. The van der Waals surface area contributed by atoms with Crippen LogP contribution in [0.2, 0.25) is 0 Å². The number of sulfonamides is 1. The highest BCUT2D eigenvalue weighted by Gasteiger charge is 2.26. The van der Waals surface area contributed by atoms with Crippen LogP contribution >= 0.6 is 0 Å². The summed E-state index contributed by atoms with van der Waals surface area (Å²) in [5.74, 6) is -2.19. The lowest BCUT2D eigenvalue weighted by Crippen LogP contribution is -2.42. The summed E-state index contributed by atoms with van der Waals surface area (Å²) in [6.07, 6.45) is -1.20. The van der Waals surface area contributed by atoms with Gasteiger partial charge in [0.1, 0.15) is 11.9 Å². The van der Waals surface area contributed by atoms with Crippen LogP contribution in [0.5, 0.6) is 0 Å². The fourth-order valence-corrected chi connectivity index (χ4v) is 3.36. The Morgan fingerprint density at radius 2 is 1.66 bits per heavy atom. The highest BCUT2D eigenvalue weighted by Crippen LogP contribution is 2.12. The van der Waals surface area contributed by atoms with Gasteiger partial charge in [0.2, 0.25) is 10.0 Å². The van der Waals surface area contributed by atoms with Crippen molar-refractivity contribution in [2.75, 3.05) is 5.32 Å². The molecule has 2 aromatic carbocycles. The maximum atomic E-state index is 12.9. The van der Waals surface area contributed by atoms with Crippen LogP contribution in [0.25, 0.3) is 0 Å². The van der Waals surface area contributed by atoms with E-state index in [0.29, 0.717) is 11.3 Å². The Hall–Kier alpha value is -3.29. The molecule has 10 heteroatoms. The SMILES string of the molecule is C[C@H](NS(=O)(=O)c1ccc(F)cc1)C(=O)O[C@H](C)C(=O)Nc1ccc(C#N)cc1. The smallest absolute Gasteiger partial charge is 0.324 e. The lowest BCUT2D eigenvalue weighted by atomic mass is 10.2. The number of anilines is 1. The van der Waals surface area contributed by atoms with Crippen LogP contribution in [0.1, 0.15) is 19.4 Å². The van der Waals surface area contributed by atoms with E-state index in [2.05, 4.69) is 10.0 Å². The molecule has 0 spiro atoms. The van der Waals surface area contributed by atoms with Gasteiger partial charge in [-0.15, -0.1) is 0 Å². The first-order chi connectivity index (χ1) is 13.6. The zero-order chi connectivity index (χ0) is 21.6. The van der Waals surface area contributed by atoms with E-state index in [4.69, 9.17) is 10.00 Å². The van der Waals surface area contributed by atoms with E-state index in [9.17, 15) is 22.4 Å². The molecule has 0 bridgehead atoms. The van der Waals surface area contributed by atoms with Crippen molar-refractivity contribution in [3.8, 4) is 6.07 Å². The van der Waals surface area contributed by atoms with Gasteiger partial charge in [-0.05, 0) is 62.4 Å². The molecule has 0 saturated heterocycles. The first-order valence-electron chi connectivity index (χ1n) is 8.42. The molecule has 0 fully saturated rings. The van der Waals surface area contributed by atoms with Gasteiger partial charge >= 0.3 is 5.97 Å². The van der Waals surface area contributed by atoms with E-state index < -0.39 is 39.9 Å². The van der Waals surface area contributed by atoms with E-state index in [1.165, 1.54) is 38.1 Å². The van der Waals surface area contributed by atoms with E-state index in [-0.39, 0.29) is 4.90 Å². The molecule has 0 saturated carbocycles. The van der Waals surface area contributed by atoms with Crippen molar-refractivity contribution in [3.05, 3.63) is 59.9 Å². The van der Waals surface area contributed by atoms with Crippen molar-refractivity contribution < 1.29 is 27.1 Å². The molecule has 152 valence electrons. The quantitative estimate of drug-likeness (QED) is 0.661. The third-order valence-electron chi connectivity index (χ3n) is 3.75. The summed E-state index contributed by atoms with van der Waals surface area (Å²) in [6.45, 7) is 2.59. The minimum Gasteiger partial charge on any atom is -0.451 e. The van der Waals surface area contributed by atoms with Gasteiger partial charge in [0.25, 0.3) is 5.91 Å². The Bertz CT molecular complexity index is 1030. The second-order valence-corrected chi connectivity index (χ2v) is 7.77. The van der Waals surface area contributed by atoms with Gasteiger partial charge in [-0.2, -0.15) is 9.98 Å². The molecule has 0 aromatic heterocycles. The lowest BCUT2D eigenvalue weighted by Gasteiger charge is -2.17. The third-order valence-corrected chi connectivity index (χ3v) is 5.31. The van der Waals surface area contributed by atoms with E-state index in [1.807, 2.05) is 6.07 Å². The molecule has 0 aliphatic rings. The molecule has 2 N–H and O–H groups in total. The van der Waals surface area contributed by atoms with Crippen LogP contribution in [0.15, 0.2) is 53.4 Å². The van der Waals surface area contributed by atoms with Gasteiger partial charge in [-0.1, -0.05) is 0 Å². The Morgan fingerprint density at radius 1 is 1.07 bits per heavy atom. The van der Waals surface area contributed by atoms with Gasteiger partial charge in [0.15, 0.2) is 6.10 Å². The summed E-state index contributed by atoms with van der Waals surface area (Å²) in [5, 5.41) is 11.3. The van der Waals surface area contributed by atoms with Gasteiger partial charge in [0, 0.05) is 5.69 Å². The molecule has 1 amide bonds. The predicted molar refractivity (Wildman–Crippen MR) is 102 cm³/mol. The van der Waals surface area contributed by atoms with Crippen LogP contribution < -0.4 is 10.0 Å². The monoisotopic (exact) mass is 419 g/mol. The Labute approximate surface area is 167 Å². The summed E-state index contributed by atoms with van der Waals surface area (Å²) < 4.78 is 44.5. The van der Waals surface area contributed by atoms with Crippen molar-refractivity contribution in [1.82, 2.24) is 4.72 Å². The summed E-state index contributed by atoms with van der Waals surface area (Å²) in [4.78, 5) is 24.1. The van der Waals surface area contributed by atoms with E-state index >= 15 is 0 Å². The number of ether oxygens (including phenoxy) is 1. The zero-order valence-corrected chi connectivity index (χ0v) is 16.4. The minimum atomic E-state index is -4.08. The maximum absolute atomic E-state index is 12.9. The fourth-order valence-electron chi connectivity index (χ4n) is 2.16. The molecule has 0 heterocycles.